The molecule has 0 radical (unpaired) electrons. The van der Waals surface area contributed by atoms with E-state index < -0.39 is 96.4 Å². The van der Waals surface area contributed by atoms with Crippen molar-refractivity contribution in [2.75, 3.05) is 7.11 Å². The number of carboxylic acids is 5. The van der Waals surface area contributed by atoms with E-state index in [9.17, 15) is 47.9 Å². The second kappa shape index (κ2) is 28.6. The van der Waals surface area contributed by atoms with Gasteiger partial charge in [-0.3, -0.25) is 28.8 Å². The van der Waals surface area contributed by atoms with Gasteiger partial charge in [-0.1, -0.05) is 47.3 Å². The molecule has 0 rings (SSSR count). The third kappa shape index (κ3) is 23.8. The zero-order valence-electron chi connectivity index (χ0n) is 27.6. The summed E-state index contributed by atoms with van der Waals surface area (Å²) in [5, 5.41) is 43.3. The molecule has 0 aliphatic carbocycles. The van der Waals surface area contributed by atoms with Gasteiger partial charge in [0.15, 0.2) is 18.0 Å². The van der Waals surface area contributed by atoms with Gasteiger partial charge in [-0.25, -0.2) is 19.2 Å². The van der Waals surface area contributed by atoms with Crippen molar-refractivity contribution in [2.24, 2.45) is 0 Å². The minimum atomic E-state index is -2.10. The molecular formula is C30H46O20. The van der Waals surface area contributed by atoms with Crippen LogP contribution in [0.15, 0.2) is 12.2 Å². The summed E-state index contributed by atoms with van der Waals surface area (Å²) in [6, 6.07) is 0. The predicted octanol–water partition coefficient (Wildman–Crippen LogP) is 1.25. The lowest BCUT2D eigenvalue weighted by molar-refractivity contribution is -0.187. The van der Waals surface area contributed by atoms with E-state index in [1.54, 1.807) is 13.0 Å². The molecule has 5 N–H and O–H groups in total. The standard InChI is InChI=1S/C13H18O8.C9H14O6.C7H10O6.CH4/c1-3-5-6-7-9(15)21-11(13(18)19)10(12(16)17)20-8(14)4-2;1-4-6(11)15-7(5(2)10)8(14-3)9(12)13;1-2-6(10)13-4(7(11)12)3-5(8)9;/h5-6,10-11H,3-4,7H2,1-2H3,(H,16,17)(H,18,19);7-8H,4H2,1-3H3,(H,12,13);4H,2-3H2,1H3,(H,8,9)(H,11,12);1H4/b6-5-;;;/t10-,11-;7-,8+;4-;/m010./s1. The van der Waals surface area contributed by atoms with Gasteiger partial charge in [-0.2, -0.15) is 0 Å². The number of methoxy groups -OCH3 is 1. The Kier molecular flexibility index (Phi) is 29.4. The van der Waals surface area contributed by atoms with Crippen molar-refractivity contribution in [1.82, 2.24) is 0 Å². The summed E-state index contributed by atoms with van der Waals surface area (Å²) in [4.78, 5) is 108. The van der Waals surface area contributed by atoms with E-state index in [1.807, 2.05) is 6.92 Å². The number of allylic oxidation sites excluding steroid dienone is 1. The molecule has 0 aromatic heterocycles. The molecule has 286 valence electrons. The lowest BCUT2D eigenvalue weighted by atomic mass is 10.1. The van der Waals surface area contributed by atoms with Crippen LogP contribution in [-0.2, 0) is 71.6 Å². The first-order valence-electron chi connectivity index (χ1n) is 14.3. The third-order valence-corrected chi connectivity index (χ3v) is 5.17. The number of Topliss-reactive ketones (excluding diaryl/α,β-unsaturated/α-hetero) is 1. The van der Waals surface area contributed by atoms with E-state index in [2.05, 4.69) is 23.7 Å². The van der Waals surface area contributed by atoms with Gasteiger partial charge in [0, 0.05) is 26.4 Å². The van der Waals surface area contributed by atoms with Crippen LogP contribution in [0.3, 0.4) is 0 Å². The zero-order valence-corrected chi connectivity index (χ0v) is 27.6. The van der Waals surface area contributed by atoms with Crippen LogP contribution in [0.5, 0.6) is 0 Å². The van der Waals surface area contributed by atoms with Crippen LogP contribution in [0.4, 0.5) is 0 Å². The van der Waals surface area contributed by atoms with Crippen molar-refractivity contribution in [3.63, 3.8) is 0 Å². The molecule has 0 saturated heterocycles. The Bertz CT molecular complexity index is 1190. The van der Waals surface area contributed by atoms with Gasteiger partial charge in [0.2, 0.25) is 18.3 Å². The number of hydrogen-bond donors (Lipinski definition) is 5. The fourth-order valence-electron chi connectivity index (χ4n) is 2.76. The van der Waals surface area contributed by atoms with Crippen molar-refractivity contribution in [2.45, 2.75) is 111 Å². The number of ether oxygens (including phenoxy) is 5. The Balaban J connectivity index is -0.000000325. The molecule has 0 heterocycles. The lowest BCUT2D eigenvalue weighted by Crippen LogP contribution is -2.45. The molecule has 0 unspecified atom stereocenters. The van der Waals surface area contributed by atoms with Gasteiger partial charge in [0.05, 0.1) is 12.8 Å². The Morgan fingerprint density at radius 2 is 0.920 bits per heavy atom. The van der Waals surface area contributed by atoms with Crippen molar-refractivity contribution < 1.29 is 97.2 Å². The van der Waals surface area contributed by atoms with Crippen molar-refractivity contribution in [3.05, 3.63) is 12.2 Å². The van der Waals surface area contributed by atoms with E-state index in [1.165, 1.54) is 19.9 Å². The smallest absolute Gasteiger partial charge is 0.349 e. The first-order valence-corrected chi connectivity index (χ1v) is 14.3. The highest BCUT2D eigenvalue weighted by molar-refractivity contribution is 5.90. The summed E-state index contributed by atoms with van der Waals surface area (Å²) >= 11 is 0. The fourth-order valence-corrected chi connectivity index (χ4v) is 2.76. The number of ketones is 1. The van der Waals surface area contributed by atoms with Crippen LogP contribution in [0.25, 0.3) is 0 Å². The first kappa shape index (κ1) is 51.4. The van der Waals surface area contributed by atoms with E-state index in [4.69, 9.17) is 25.5 Å². The van der Waals surface area contributed by atoms with Crippen LogP contribution in [-0.4, -0.2) is 123 Å². The first-order chi connectivity index (χ1) is 22.7. The monoisotopic (exact) mass is 726 g/mol. The molecule has 0 aromatic carbocycles. The van der Waals surface area contributed by atoms with E-state index in [0.29, 0.717) is 6.42 Å². The molecular weight excluding hydrogens is 680 g/mol. The quantitative estimate of drug-likeness (QED) is 0.0669. The molecule has 0 aliphatic heterocycles. The summed E-state index contributed by atoms with van der Waals surface area (Å²) < 4.78 is 22.7. The Morgan fingerprint density at radius 1 is 0.540 bits per heavy atom. The molecule has 0 saturated carbocycles. The Labute approximate surface area is 287 Å². The van der Waals surface area contributed by atoms with Crippen LogP contribution >= 0.6 is 0 Å². The summed E-state index contributed by atoms with van der Waals surface area (Å²) in [5.74, 6) is -11.3. The molecule has 0 aliphatic rings. The number of carboxylic acid groups (broad SMARTS) is 5. The van der Waals surface area contributed by atoms with Gasteiger partial charge >= 0.3 is 53.7 Å². The number of aliphatic carboxylic acids is 5. The number of carbonyl (C=O) groups excluding carboxylic acids is 5. The Hall–Kier alpha value is -5.40. The summed E-state index contributed by atoms with van der Waals surface area (Å²) in [5.41, 5.74) is 0. The molecule has 0 spiro atoms. The summed E-state index contributed by atoms with van der Waals surface area (Å²) in [7, 11) is 1.13. The van der Waals surface area contributed by atoms with E-state index in [-0.39, 0.29) is 33.1 Å². The second-order valence-corrected chi connectivity index (χ2v) is 9.07. The van der Waals surface area contributed by atoms with Gasteiger partial charge in [-0.15, -0.1) is 0 Å². The molecule has 0 bridgehead atoms. The highest BCUT2D eigenvalue weighted by Gasteiger charge is 2.40. The maximum absolute atomic E-state index is 11.4. The topological polar surface area (TPSA) is 318 Å². The minimum absolute atomic E-state index is 0. The minimum Gasteiger partial charge on any atom is -0.481 e. The fraction of sp³-hybridized carbons (Fsp3) is 0.600. The van der Waals surface area contributed by atoms with Gasteiger partial charge < -0.3 is 49.2 Å². The average molecular weight is 727 g/mol. The zero-order chi connectivity index (χ0) is 38.9. The number of hydrogen-bond acceptors (Lipinski definition) is 15. The number of rotatable bonds is 20. The van der Waals surface area contributed by atoms with Crippen LogP contribution < -0.4 is 0 Å². The van der Waals surface area contributed by atoms with Crippen molar-refractivity contribution in [1.29, 1.82) is 0 Å². The van der Waals surface area contributed by atoms with Crippen molar-refractivity contribution in [3.8, 4) is 0 Å². The van der Waals surface area contributed by atoms with E-state index >= 15 is 0 Å². The van der Waals surface area contributed by atoms with Crippen LogP contribution in [0.2, 0.25) is 0 Å². The highest BCUT2D eigenvalue weighted by Crippen LogP contribution is 2.10. The predicted molar refractivity (Wildman–Crippen MR) is 165 cm³/mol. The number of esters is 4. The highest BCUT2D eigenvalue weighted by atomic mass is 16.6. The van der Waals surface area contributed by atoms with Crippen LogP contribution in [0.1, 0.15) is 80.6 Å². The normalized spacial score (nSPS) is 12.9. The molecule has 0 aromatic rings. The molecule has 5 atom stereocenters. The van der Waals surface area contributed by atoms with E-state index in [0.717, 1.165) is 14.0 Å². The number of carbonyl (C=O) groups is 10. The molecule has 20 nitrogen and oxygen atoms in total. The molecule has 50 heavy (non-hydrogen) atoms. The second-order valence-electron chi connectivity index (χ2n) is 9.07. The van der Waals surface area contributed by atoms with Crippen molar-refractivity contribution >= 4 is 59.5 Å². The molecule has 20 heteroatoms. The lowest BCUT2D eigenvalue weighted by Gasteiger charge is -2.20. The maximum Gasteiger partial charge on any atom is 0.349 e. The van der Waals surface area contributed by atoms with Crippen LogP contribution in [0, 0.1) is 0 Å². The molecule has 0 fully saturated rings. The summed E-state index contributed by atoms with van der Waals surface area (Å²) in [6.45, 7) is 7.43. The maximum atomic E-state index is 11.4. The van der Waals surface area contributed by atoms with Gasteiger partial charge in [0.1, 0.15) is 0 Å². The Morgan fingerprint density at radius 3 is 1.22 bits per heavy atom. The largest absolute Gasteiger partial charge is 0.481 e. The third-order valence-electron chi connectivity index (χ3n) is 5.17. The summed E-state index contributed by atoms with van der Waals surface area (Å²) in [6.07, 6.45) is -5.78. The van der Waals surface area contributed by atoms with Gasteiger partial charge in [-0.05, 0) is 13.3 Å². The average Bonchev–Trinajstić information content (AvgIpc) is 3.01. The van der Waals surface area contributed by atoms with Gasteiger partial charge in [0.25, 0.3) is 0 Å². The SMILES string of the molecule is C.CC/C=C\CC(=O)O[C@H](C(=O)O)[C@H](OC(=O)CC)C(=O)O.CCC(=O)O[C@@H](CC(=O)O)C(=O)O.CCC(=O)O[C@H](C(C)=O)[C@H](OC)C(=O)O. The molecule has 0 amide bonds.